The first kappa shape index (κ1) is 25.3. The third kappa shape index (κ3) is 5.64. The summed E-state index contributed by atoms with van der Waals surface area (Å²) in [4.78, 5) is 6.80. The number of hydrogen-bond donors (Lipinski definition) is 2. The maximum absolute atomic E-state index is 12.8. The number of nitrogens with two attached hydrogens (primary N) is 1. The van der Waals surface area contributed by atoms with Crippen molar-refractivity contribution >= 4 is 27.8 Å². The van der Waals surface area contributed by atoms with Crippen LogP contribution in [0, 0.1) is 0 Å². The molecule has 1 aromatic carbocycles. The third-order valence-corrected chi connectivity index (χ3v) is 9.23. The molecule has 0 aromatic heterocycles. The molecule has 10 heteroatoms. The van der Waals surface area contributed by atoms with Crippen LogP contribution < -0.4 is 16.0 Å². The summed E-state index contributed by atoms with van der Waals surface area (Å²) in [6, 6.07) is 6.58. The lowest BCUT2D eigenvalue weighted by Crippen LogP contribution is -2.53. The summed E-state index contributed by atoms with van der Waals surface area (Å²) >= 11 is 0. The average Bonchev–Trinajstić information content (AvgIpc) is 2.88. The van der Waals surface area contributed by atoms with Crippen molar-refractivity contribution in [3.8, 4) is 0 Å². The Bertz CT molecular complexity index is 1080. The van der Waals surface area contributed by atoms with Gasteiger partial charge >= 0.3 is 10.2 Å². The Kier molecular flexibility index (Phi) is 8.00. The Morgan fingerprint density at radius 2 is 1.81 bits per heavy atom. The Balaban J connectivity index is 1.17. The first-order valence-electron chi connectivity index (χ1n) is 13.7. The zero-order chi connectivity index (χ0) is 25.0. The molecule has 3 N–H and O–H groups in total. The third-order valence-electron chi connectivity index (χ3n) is 7.84. The number of guanidine groups is 2. The van der Waals surface area contributed by atoms with Gasteiger partial charge in [0.2, 0.25) is 11.9 Å². The molecular formula is C26H40N6O3S. The van der Waals surface area contributed by atoms with E-state index >= 15 is 0 Å². The van der Waals surface area contributed by atoms with E-state index in [1.54, 1.807) is 0 Å². The molecule has 36 heavy (non-hydrogen) atoms. The zero-order valence-electron chi connectivity index (χ0n) is 21.2. The van der Waals surface area contributed by atoms with Crippen molar-refractivity contribution in [2.45, 2.75) is 89.2 Å². The van der Waals surface area contributed by atoms with Crippen LogP contribution in [0.3, 0.4) is 0 Å². The van der Waals surface area contributed by atoms with Gasteiger partial charge in [0.15, 0.2) is 0 Å². The summed E-state index contributed by atoms with van der Waals surface area (Å²) in [6.45, 7) is 3.46. The molecule has 1 saturated carbocycles. The Hall–Kier alpha value is -2.33. The van der Waals surface area contributed by atoms with Crippen molar-refractivity contribution in [2.75, 3.05) is 31.1 Å². The van der Waals surface area contributed by atoms with Crippen LogP contribution in [0.25, 0.3) is 0 Å². The summed E-state index contributed by atoms with van der Waals surface area (Å²) in [5.74, 6) is 0.0766. The largest absolute Gasteiger partial charge is 0.373 e. The lowest BCUT2D eigenvalue weighted by Gasteiger charge is -2.35. The van der Waals surface area contributed by atoms with Gasteiger partial charge in [0, 0.05) is 38.0 Å². The van der Waals surface area contributed by atoms with Crippen LogP contribution in [0.15, 0.2) is 27.6 Å². The maximum Gasteiger partial charge on any atom is 0.350 e. The van der Waals surface area contributed by atoms with E-state index in [1.807, 2.05) is 0 Å². The van der Waals surface area contributed by atoms with Crippen LogP contribution in [0.4, 0.5) is 5.69 Å². The first-order valence-corrected chi connectivity index (χ1v) is 15.1. The first-order chi connectivity index (χ1) is 17.5. The lowest BCUT2D eigenvalue weighted by molar-refractivity contribution is 0.0398. The molecule has 0 amide bonds. The number of nitrogens with zero attached hydrogens (tertiary/aromatic N) is 4. The number of rotatable bonds is 7. The Morgan fingerprint density at radius 3 is 2.61 bits per heavy atom. The molecule has 2 heterocycles. The minimum atomic E-state index is -3.86. The molecule has 0 spiro atoms. The number of benzene rings is 1. The topological polar surface area (TPSA) is 113 Å². The van der Waals surface area contributed by atoms with E-state index in [-0.39, 0.29) is 18.1 Å². The molecule has 2 aliphatic carbocycles. The van der Waals surface area contributed by atoms with Crippen LogP contribution >= 0.6 is 0 Å². The van der Waals surface area contributed by atoms with Crippen LogP contribution in [0.1, 0.15) is 87.9 Å². The molecule has 5 rings (SSSR count). The standard InChI is InChI=1S/C26H40N6O3S/c27-25-29-26(32(36(33,34)30-25)20-10-3-1-4-11-20)28-16-9-19-35-24-15-8-12-21-22(24)13-7-14-23(21)31-17-5-2-6-18-31/h7,13-14,20,24H,1-6,8-12,15-19H2,(H3,27,28,29,30). The maximum atomic E-state index is 12.8. The van der Waals surface area contributed by atoms with E-state index < -0.39 is 10.2 Å². The van der Waals surface area contributed by atoms with E-state index in [9.17, 15) is 8.42 Å². The van der Waals surface area contributed by atoms with Crippen molar-refractivity contribution < 1.29 is 13.2 Å². The normalized spacial score (nSPS) is 24.6. The Labute approximate surface area is 215 Å². The van der Waals surface area contributed by atoms with Gasteiger partial charge in [-0.1, -0.05) is 31.4 Å². The van der Waals surface area contributed by atoms with Crippen molar-refractivity contribution in [3.63, 3.8) is 0 Å². The fourth-order valence-corrected chi connectivity index (χ4v) is 7.41. The highest BCUT2D eigenvalue weighted by Crippen LogP contribution is 2.38. The summed E-state index contributed by atoms with van der Waals surface area (Å²) in [7, 11) is -3.86. The van der Waals surface area contributed by atoms with Gasteiger partial charge in [-0.3, -0.25) is 0 Å². The van der Waals surface area contributed by atoms with E-state index in [1.165, 1.54) is 40.4 Å². The van der Waals surface area contributed by atoms with Crippen LogP contribution in [0.2, 0.25) is 0 Å². The average molecular weight is 517 g/mol. The minimum Gasteiger partial charge on any atom is -0.373 e. The number of piperidine rings is 1. The molecule has 1 saturated heterocycles. The number of aliphatic imine (C=N–C) groups is 1. The smallest absolute Gasteiger partial charge is 0.350 e. The van der Waals surface area contributed by atoms with Crippen molar-refractivity contribution in [1.82, 2.24) is 9.62 Å². The molecule has 4 aliphatic rings. The molecule has 9 nitrogen and oxygen atoms in total. The Morgan fingerprint density at radius 1 is 1.03 bits per heavy atom. The monoisotopic (exact) mass is 516 g/mol. The van der Waals surface area contributed by atoms with E-state index in [4.69, 9.17) is 10.5 Å². The molecule has 0 radical (unpaired) electrons. The molecule has 1 unspecified atom stereocenters. The second-order valence-electron chi connectivity index (χ2n) is 10.4. The van der Waals surface area contributed by atoms with Gasteiger partial charge in [0.25, 0.3) is 0 Å². The number of fused-ring (bicyclic) bond motifs is 1. The van der Waals surface area contributed by atoms with Gasteiger partial charge < -0.3 is 20.7 Å². The fraction of sp³-hybridized carbons (Fsp3) is 0.692. The number of nitrogens with one attached hydrogen (secondary N) is 1. The van der Waals surface area contributed by atoms with Gasteiger partial charge in [0.05, 0.1) is 6.10 Å². The zero-order valence-corrected chi connectivity index (χ0v) is 22.0. The SMILES string of the molecule is NC1=NS(=O)(=O)N(C2CCCCC2)C(NCCCOC2CCCc3c2cccc3N2CCCCC2)=N1. The van der Waals surface area contributed by atoms with Crippen LogP contribution in [0.5, 0.6) is 0 Å². The van der Waals surface area contributed by atoms with Crippen LogP contribution in [-0.4, -0.2) is 56.9 Å². The summed E-state index contributed by atoms with van der Waals surface area (Å²) in [5.41, 5.74) is 9.93. The minimum absolute atomic E-state index is 0.115. The van der Waals surface area contributed by atoms with E-state index in [0.29, 0.717) is 19.1 Å². The highest BCUT2D eigenvalue weighted by molar-refractivity contribution is 7.88. The van der Waals surface area contributed by atoms with Gasteiger partial charge in [-0.05, 0) is 75.0 Å². The van der Waals surface area contributed by atoms with Crippen molar-refractivity contribution in [2.24, 2.45) is 15.1 Å². The quantitative estimate of drug-likeness (QED) is 0.536. The molecular weight excluding hydrogens is 476 g/mol. The van der Waals surface area contributed by atoms with Gasteiger partial charge in [0.1, 0.15) is 0 Å². The fourth-order valence-electron chi connectivity index (χ4n) is 6.13. The van der Waals surface area contributed by atoms with Gasteiger partial charge in [-0.2, -0.15) is 13.4 Å². The summed E-state index contributed by atoms with van der Waals surface area (Å²) < 4.78 is 36.9. The van der Waals surface area contributed by atoms with Crippen molar-refractivity contribution in [3.05, 3.63) is 29.3 Å². The van der Waals surface area contributed by atoms with Crippen LogP contribution in [-0.2, 0) is 21.4 Å². The number of ether oxygens (including phenoxy) is 1. The second kappa shape index (κ2) is 11.4. The lowest BCUT2D eigenvalue weighted by atomic mass is 9.87. The van der Waals surface area contributed by atoms with Crippen molar-refractivity contribution in [1.29, 1.82) is 0 Å². The molecule has 2 aliphatic heterocycles. The molecule has 2 fully saturated rings. The number of anilines is 1. The molecule has 1 aromatic rings. The predicted molar refractivity (Wildman–Crippen MR) is 143 cm³/mol. The molecule has 198 valence electrons. The number of hydrogen-bond acceptors (Lipinski definition) is 7. The summed E-state index contributed by atoms with van der Waals surface area (Å²) in [6.07, 6.45) is 12.9. The highest BCUT2D eigenvalue weighted by atomic mass is 32.2. The van der Waals surface area contributed by atoms with E-state index in [2.05, 4.69) is 37.8 Å². The summed E-state index contributed by atoms with van der Waals surface area (Å²) in [5, 5.41) is 3.21. The van der Waals surface area contributed by atoms with Gasteiger partial charge in [-0.15, -0.1) is 4.40 Å². The molecule has 1 atom stereocenters. The second-order valence-corrected chi connectivity index (χ2v) is 11.8. The van der Waals surface area contributed by atoms with Gasteiger partial charge in [-0.25, -0.2) is 4.31 Å². The highest BCUT2D eigenvalue weighted by Gasteiger charge is 2.36. The molecule has 0 bridgehead atoms. The van der Waals surface area contributed by atoms with E-state index in [0.717, 1.165) is 70.9 Å². The predicted octanol–water partition coefficient (Wildman–Crippen LogP) is 3.61.